The number of ether oxygens (including phenoxy) is 2. The van der Waals surface area contributed by atoms with Gasteiger partial charge in [-0.2, -0.15) is 0 Å². The summed E-state index contributed by atoms with van der Waals surface area (Å²) in [6.07, 6.45) is 4.36. The molecule has 1 rings (SSSR count). The lowest BCUT2D eigenvalue weighted by molar-refractivity contribution is -0.152. The highest BCUT2D eigenvalue weighted by atomic mass is 16.5. The molecule has 1 aliphatic carbocycles. The Balaban J connectivity index is 2.68. The van der Waals surface area contributed by atoms with Gasteiger partial charge in [0.1, 0.15) is 6.04 Å². The van der Waals surface area contributed by atoms with E-state index in [1.54, 1.807) is 13.8 Å². The first-order valence-corrected chi connectivity index (χ1v) is 6.59. The lowest BCUT2D eigenvalue weighted by Crippen LogP contribution is -2.48. The molecule has 1 fully saturated rings. The third-order valence-corrected chi connectivity index (χ3v) is 3.46. The third-order valence-electron chi connectivity index (χ3n) is 3.46. The van der Waals surface area contributed by atoms with Gasteiger partial charge in [-0.05, 0) is 26.7 Å². The molecule has 1 saturated carbocycles. The van der Waals surface area contributed by atoms with Gasteiger partial charge in [0.25, 0.3) is 0 Å². The van der Waals surface area contributed by atoms with E-state index in [9.17, 15) is 9.59 Å². The first-order chi connectivity index (χ1) is 8.60. The van der Waals surface area contributed by atoms with E-state index in [1.807, 2.05) is 4.90 Å². The maximum absolute atomic E-state index is 11.8. The minimum Gasteiger partial charge on any atom is -0.468 e. The average Bonchev–Trinajstić information content (AvgIpc) is 2.88. The van der Waals surface area contributed by atoms with Crippen LogP contribution in [0.5, 0.6) is 0 Å². The Morgan fingerprint density at radius 1 is 1.33 bits per heavy atom. The van der Waals surface area contributed by atoms with Crippen LogP contribution in [0.25, 0.3) is 0 Å². The Kier molecular flexibility index (Phi) is 6.12. The van der Waals surface area contributed by atoms with Crippen LogP contribution in [0.4, 0.5) is 0 Å². The van der Waals surface area contributed by atoms with Crippen LogP contribution in [0.3, 0.4) is 0 Å². The molecule has 1 atom stereocenters. The number of nitrogens with zero attached hydrogens (tertiary/aromatic N) is 1. The van der Waals surface area contributed by atoms with E-state index < -0.39 is 6.04 Å². The molecular weight excluding hydrogens is 234 g/mol. The second kappa shape index (κ2) is 7.36. The Labute approximate surface area is 108 Å². The van der Waals surface area contributed by atoms with Gasteiger partial charge in [-0.15, -0.1) is 0 Å². The van der Waals surface area contributed by atoms with Crippen molar-refractivity contribution in [1.29, 1.82) is 0 Å². The number of carbonyl (C=O) groups excluding carboxylic acids is 2. The zero-order valence-corrected chi connectivity index (χ0v) is 11.5. The van der Waals surface area contributed by atoms with Crippen molar-refractivity contribution in [1.82, 2.24) is 4.90 Å². The molecule has 0 aromatic carbocycles. The highest BCUT2D eigenvalue weighted by Crippen LogP contribution is 2.25. The molecule has 0 spiro atoms. The number of methoxy groups -OCH3 is 1. The molecule has 1 unspecified atom stereocenters. The van der Waals surface area contributed by atoms with Crippen LogP contribution in [0.1, 0.15) is 39.5 Å². The summed E-state index contributed by atoms with van der Waals surface area (Å²) >= 11 is 0. The monoisotopic (exact) mass is 257 g/mol. The minimum atomic E-state index is -0.396. The molecule has 0 N–H and O–H groups in total. The third kappa shape index (κ3) is 3.98. The van der Waals surface area contributed by atoms with Crippen LogP contribution in [0.2, 0.25) is 0 Å². The minimum absolute atomic E-state index is 0.154. The maximum atomic E-state index is 11.8. The molecule has 0 bridgehead atoms. The topological polar surface area (TPSA) is 55.8 Å². The number of carbonyl (C=O) groups is 2. The van der Waals surface area contributed by atoms with Gasteiger partial charge in [0.2, 0.25) is 0 Å². The van der Waals surface area contributed by atoms with Crippen LogP contribution in [-0.2, 0) is 19.1 Å². The van der Waals surface area contributed by atoms with Gasteiger partial charge in [-0.1, -0.05) is 12.8 Å². The van der Waals surface area contributed by atoms with E-state index in [1.165, 1.54) is 7.11 Å². The fourth-order valence-corrected chi connectivity index (χ4v) is 2.43. The summed E-state index contributed by atoms with van der Waals surface area (Å²) in [6.45, 7) is 4.09. The number of esters is 2. The first kappa shape index (κ1) is 15.0. The van der Waals surface area contributed by atoms with E-state index in [-0.39, 0.29) is 24.5 Å². The summed E-state index contributed by atoms with van der Waals surface area (Å²) < 4.78 is 9.72. The molecule has 0 aliphatic heterocycles. The molecule has 0 saturated heterocycles. The van der Waals surface area contributed by atoms with E-state index in [4.69, 9.17) is 9.47 Å². The summed E-state index contributed by atoms with van der Waals surface area (Å²) in [5, 5.41) is 0. The molecule has 0 radical (unpaired) electrons. The quantitative estimate of drug-likeness (QED) is 0.672. The van der Waals surface area contributed by atoms with Crippen molar-refractivity contribution in [3.63, 3.8) is 0 Å². The highest BCUT2D eigenvalue weighted by Gasteiger charge is 2.32. The van der Waals surface area contributed by atoms with Crippen LogP contribution in [-0.4, -0.2) is 49.2 Å². The van der Waals surface area contributed by atoms with Gasteiger partial charge in [0.15, 0.2) is 0 Å². The van der Waals surface area contributed by atoms with Crippen molar-refractivity contribution in [2.24, 2.45) is 0 Å². The molecule has 18 heavy (non-hydrogen) atoms. The Bertz CT molecular complexity index is 287. The molecule has 5 heteroatoms. The molecule has 1 aliphatic rings. The van der Waals surface area contributed by atoms with Gasteiger partial charge in [0, 0.05) is 6.04 Å². The van der Waals surface area contributed by atoms with Crippen molar-refractivity contribution in [3.05, 3.63) is 0 Å². The SMILES string of the molecule is CCOC(=O)C(C)N(CC(=O)OC)C1CCCC1. The van der Waals surface area contributed by atoms with Crippen molar-refractivity contribution >= 4 is 11.9 Å². The summed E-state index contributed by atoms with van der Waals surface area (Å²) in [5.41, 5.74) is 0. The van der Waals surface area contributed by atoms with Gasteiger partial charge < -0.3 is 9.47 Å². The van der Waals surface area contributed by atoms with Gasteiger partial charge in [-0.25, -0.2) is 0 Å². The molecule has 5 nitrogen and oxygen atoms in total. The smallest absolute Gasteiger partial charge is 0.323 e. The maximum Gasteiger partial charge on any atom is 0.323 e. The van der Waals surface area contributed by atoms with E-state index in [2.05, 4.69) is 0 Å². The predicted octanol–water partition coefficient (Wildman–Crippen LogP) is 1.36. The molecular formula is C13H23NO4. The Hall–Kier alpha value is -1.10. The zero-order chi connectivity index (χ0) is 13.5. The number of rotatable bonds is 6. The van der Waals surface area contributed by atoms with E-state index >= 15 is 0 Å². The van der Waals surface area contributed by atoms with Gasteiger partial charge in [0.05, 0.1) is 20.3 Å². The van der Waals surface area contributed by atoms with Crippen LogP contribution < -0.4 is 0 Å². The van der Waals surface area contributed by atoms with E-state index in [0.717, 1.165) is 25.7 Å². The largest absolute Gasteiger partial charge is 0.468 e. The molecule has 104 valence electrons. The van der Waals surface area contributed by atoms with Gasteiger partial charge >= 0.3 is 11.9 Å². The van der Waals surface area contributed by atoms with Crippen LogP contribution in [0, 0.1) is 0 Å². The highest BCUT2D eigenvalue weighted by molar-refractivity contribution is 5.77. The average molecular weight is 257 g/mol. The summed E-state index contributed by atoms with van der Waals surface area (Å²) in [6, 6.07) is -0.115. The normalized spacial score (nSPS) is 17.8. The summed E-state index contributed by atoms with van der Waals surface area (Å²) in [4.78, 5) is 25.2. The van der Waals surface area contributed by atoms with Crippen molar-refractivity contribution < 1.29 is 19.1 Å². The first-order valence-electron chi connectivity index (χ1n) is 6.59. The van der Waals surface area contributed by atoms with Crippen LogP contribution >= 0.6 is 0 Å². The second-order valence-corrected chi connectivity index (χ2v) is 4.61. The van der Waals surface area contributed by atoms with Gasteiger partial charge in [-0.3, -0.25) is 14.5 Å². The zero-order valence-electron chi connectivity index (χ0n) is 11.5. The number of hydrogen-bond donors (Lipinski definition) is 0. The Morgan fingerprint density at radius 2 is 1.94 bits per heavy atom. The van der Waals surface area contributed by atoms with E-state index in [0.29, 0.717) is 6.61 Å². The summed E-state index contributed by atoms with van der Waals surface area (Å²) in [5.74, 6) is -0.577. The van der Waals surface area contributed by atoms with Crippen molar-refractivity contribution in [2.45, 2.75) is 51.6 Å². The fourth-order valence-electron chi connectivity index (χ4n) is 2.43. The fraction of sp³-hybridized carbons (Fsp3) is 0.846. The summed E-state index contributed by atoms with van der Waals surface area (Å²) in [7, 11) is 1.37. The molecule has 0 amide bonds. The molecule has 0 aromatic rings. The lowest BCUT2D eigenvalue weighted by atomic mass is 10.1. The number of hydrogen-bond acceptors (Lipinski definition) is 5. The van der Waals surface area contributed by atoms with Crippen LogP contribution in [0.15, 0.2) is 0 Å². The lowest BCUT2D eigenvalue weighted by Gasteiger charge is -2.31. The van der Waals surface area contributed by atoms with Crippen molar-refractivity contribution in [2.75, 3.05) is 20.3 Å². The van der Waals surface area contributed by atoms with Crippen molar-refractivity contribution in [3.8, 4) is 0 Å². The molecule has 0 heterocycles. The molecule has 0 aromatic heterocycles. The predicted molar refractivity (Wildman–Crippen MR) is 67.1 cm³/mol. The second-order valence-electron chi connectivity index (χ2n) is 4.61. The standard InChI is InChI=1S/C13H23NO4/c1-4-18-13(16)10(2)14(9-12(15)17-3)11-7-5-6-8-11/h10-11H,4-9H2,1-3H3. The Morgan fingerprint density at radius 3 is 2.44 bits per heavy atom.